The van der Waals surface area contributed by atoms with E-state index in [1.54, 1.807) is 30.3 Å². The Bertz CT molecular complexity index is 628. The summed E-state index contributed by atoms with van der Waals surface area (Å²) in [5.41, 5.74) is 0.309. The fourth-order valence-electron chi connectivity index (χ4n) is 2.30. The highest BCUT2D eigenvalue weighted by molar-refractivity contribution is 7.53. The first kappa shape index (κ1) is 18.9. The fraction of sp³-hybridized carbons (Fsp3) is 0.467. The van der Waals surface area contributed by atoms with E-state index in [2.05, 4.69) is 0 Å². The molecule has 1 saturated carbocycles. The number of ether oxygens (including phenoxy) is 2. The molecule has 0 bridgehead atoms. The number of carbonyl (C=O) groups excluding carboxylic acids is 2. The van der Waals surface area contributed by atoms with Gasteiger partial charge in [0.05, 0.1) is 13.4 Å². The number of Topliss-reactive ketones (excluding diaryl/α,β-unsaturated/α-hetero) is 1. The highest BCUT2D eigenvalue weighted by atomic mass is 31.2. The van der Waals surface area contributed by atoms with Gasteiger partial charge in [0, 0.05) is 14.2 Å². The molecule has 0 heterocycles. The SMILES string of the molecule is [B]C1CC(OCP(=O)(OC)OC)C(OC(=O)c2ccccc2)C1=O. The zero-order valence-electron chi connectivity index (χ0n) is 13.4. The molecule has 7 nitrogen and oxygen atoms in total. The molecule has 3 unspecified atom stereocenters. The molecular weight excluding hydrogens is 334 g/mol. The maximum atomic E-state index is 12.1. The van der Waals surface area contributed by atoms with Crippen molar-refractivity contribution in [2.24, 2.45) is 0 Å². The lowest BCUT2D eigenvalue weighted by Gasteiger charge is -2.21. The van der Waals surface area contributed by atoms with Crippen LogP contribution in [0.15, 0.2) is 30.3 Å². The minimum atomic E-state index is -3.41. The highest BCUT2D eigenvalue weighted by Crippen LogP contribution is 2.47. The minimum absolute atomic E-state index is 0.152. The van der Waals surface area contributed by atoms with Crippen LogP contribution < -0.4 is 0 Å². The summed E-state index contributed by atoms with van der Waals surface area (Å²) < 4.78 is 32.3. The quantitative estimate of drug-likeness (QED) is 0.421. The number of carbonyl (C=O) groups is 2. The maximum absolute atomic E-state index is 12.1. The predicted octanol–water partition coefficient (Wildman–Crippen LogP) is 1.97. The molecule has 2 radical (unpaired) electrons. The average molecular weight is 352 g/mol. The van der Waals surface area contributed by atoms with Crippen molar-refractivity contribution in [2.75, 3.05) is 20.6 Å². The van der Waals surface area contributed by atoms with Crippen LogP contribution in [0.1, 0.15) is 16.8 Å². The lowest BCUT2D eigenvalue weighted by Crippen LogP contribution is -2.34. The van der Waals surface area contributed by atoms with Crippen molar-refractivity contribution in [2.45, 2.75) is 24.4 Å². The van der Waals surface area contributed by atoms with Crippen LogP contribution in [0.3, 0.4) is 0 Å². The van der Waals surface area contributed by atoms with Gasteiger partial charge in [-0.05, 0) is 24.4 Å². The van der Waals surface area contributed by atoms with Crippen LogP contribution in [0.25, 0.3) is 0 Å². The van der Waals surface area contributed by atoms with Crippen molar-refractivity contribution >= 4 is 27.2 Å². The van der Waals surface area contributed by atoms with E-state index in [-0.39, 0.29) is 12.8 Å². The standard InChI is InChI=1S/C15H18BO7P/c1-20-24(19,21-2)9-22-12-8-11(16)13(17)14(12)23-15(18)10-6-4-3-5-7-10/h3-7,11-12,14H,8-9H2,1-2H3. The van der Waals surface area contributed by atoms with Gasteiger partial charge in [0.25, 0.3) is 0 Å². The molecule has 0 aromatic heterocycles. The van der Waals surface area contributed by atoms with Crippen LogP contribution in [0.2, 0.25) is 5.82 Å². The first-order valence-electron chi connectivity index (χ1n) is 7.27. The van der Waals surface area contributed by atoms with Gasteiger partial charge in [0.2, 0.25) is 0 Å². The number of hydrogen-bond acceptors (Lipinski definition) is 7. The molecule has 9 heteroatoms. The molecule has 0 amide bonds. The van der Waals surface area contributed by atoms with E-state index in [0.29, 0.717) is 5.56 Å². The normalized spacial score (nSPS) is 24.1. The van der Waals surface area contributed by atoms with Gasteiger partial charge >= 0.3 is 13.6 Å². The Morgan fingerprint density at radius 1 is 1.25 bits per heavy atom. The van der Waals surface area contributed by atoms with Crippen molar-refractivity contribution in [1.29, 1.82) is 0 Å². The Balaban J connectivity index is 2.06. The van der Waals surface area contributed by atoms with Gasteiger partial charge < -0.3 is 18.5 Å². The summed E-state index contributed by atoms with van der Waals surface area (Å²) in [4.78, 5) is 24.3. The van der Waals surface area contributed by atoms with Gasteiger partial charge in [0.1, 0.15) is 12.5 Å². The molecule has 0 N–H and O–H groups in total. The molecule has 128 valence electrons. The smallest absolute Gasteiger partial charge is 0.355 e. The second-order valence-corrected chi connectivity index (χ2v) is 7.46. The molecule has 1 aliphatic carbocycles. The Kier molecular flexibility index (Phi) is 6.35. The number of esters is 1. The lowest BCUT2D eigenvalue weighted by atomic mass is 9.85. The average Bonchev–Trinajstić information content (AvgIpc) is 2.88. The maximum Gasteiger partial charge on any atom is 0.355 e. The van der Waals surface area contributed by atoms with Crippen LogP contribution in [-0.4, -0.2) is 52.4 Å². The third kappa shape index (κ3) is 4.33. The summed E-state index contributed by atoms with van der Waals surface area (Å²) >= 11 is 0. The summed E-state index contributed by atoms with van der Waals surface area (Å²) in [6.45, 7) is 0. The van der Waals surface area contributed by atoms with E-state index in [4.69, 9.17) is 26.4 Å². The Hall–Kier alpha value is -1.47. The van der Waals surface area contributed by atoms with Crippen LogP contribution in [0.4, 0.5) is 0 Å². The first-order chi connectivity index (χ1) is 11.4. The van der Waals surface area contributed by atoms with E-state index in [9.17, 15) is 14.2 Å². The Morgan fingerprint density at radius 3 is 2.46 bits per heavy atom. The molecule has 1 aliphatic rings. The largest absolute Gasteiger partial charge is 0.448 e. The second kappa shape index (κ2) is 8.07. The molecule has 0 spiro atoms. The van der Waals surface area contributed by atoms with E-state index in [1.807, 2.05) is 0 Å². The fourth-order valence-corrected chi connectivity index (χ4v) is 3.03. The van der Waals surface area contributed by atoms with E-state index in [0.717, 1.165) is 0 Å². The van der Waals surface area contributed by atoms with Crippen molar-refractivity contribution in [3.8, 4) is 0 Å². The van der Waals surface area contributed by atoms with Gasteiger partial charge in [-0.15, -0.1) is 0 Å². The van der Waals surface area contributed by atoms with Gasteiger partial charge in [0.15, 0.2) is 11.9 Å². The van der Waals surface area contributed by atoms with Crippen molar-refractivity contribution in [1.82, 2.24) is 0 Å². The summed E-state index contributed by atoms with van der Waals surface area (Å²) in [5, 5.41) is 0. The molecule has 1 fully saturated rings. The Labute approximate surface area is 141 Å². The van der Waals surface area contributed by atoms with Gasteiger partial charge in [-0.3, -0.25) is 9.36 Å². The molecule has 0 aliphatic heterocycles. The van der Waals surface area contributed by atoms with Gasteiger partial charge in [-0.25, -0.2) is 4.79 Å². The summed E-state index contributed by atoms with van der Waals surface area (Å²) in [5.74, 6) is -1.90. The lowest BCUT2D eigenvalue weighted by molar-refractivity contribution is -0.129. The summed E-state index contributed by atoms with van der Waals surface area (Å²) in [7, 11) is 4.78. The molecular formula is C15H18BO7P. The molecule has 1 aromatic rings. The van der Waals surface area contributed by atoms with Crippen molar-refractivity contribution in [3.63, 3.8) is 0 Å². The van der Waals surface area contributed by atoms with Crippen LogP contribution in [-0.2, 0) is 27.9 Å². The summed E-state index contributed by atoms with van der Waals surface area (Å²) in [6.07, 6.45) is -2.18. The molecule has 0 saturated heterocycles. The number of hydrogen-bond donors (Lipinski definition) is 0. The van der Waals surface area contributed by atoms with E-state index in [1.165, 1.54) is 14.2 Å². The topological polar surface area (TPSA) is 88.1 Å². The minimum Gasteiger partial charge on any atom is -0.448 e. The number of benzene rings is 1. The van der Waals surface area contributed by atoms with Crippen molar-refractivity contribution in [3.05, 3.63) is 35.9 Å². The first-order valence-corrected chi connectivity index (χ1v) is 9.00. The number of rotatable bonds is 7. The van der Waals surface area contributed by atoms with Crippen molar-refractivity contribution < 1.29 is 32.7 Å². The van der Waals surface area contributed by atoms with Crippen LogP contribution in [0.5, 0.6) is 0 Å². The number of ketones is 1. The zero-order valence-corrected chi connectivity index (χ0v) is 14.3. The third-order valence-corrected chi connectivity index (χ3v) is 5.29. The molecule has 3 atom stereocenters. The molecule has 1 aromatic carbocycles. The van der Waals surface area contributed by atoms with Gasteiger partial charge in [-0.2, -0.15) is 0 Å². The predicted molar refractivity (Wildman–Crippen MR) is 86.1 cm³/mol. The van der Waals surface area contributed by atoms with E-state index < -0.39 is 37.4 Å². The highest BCUT2D eigenvalue weighted by Gasteiger charge is 2.44. The summed E-state index contributed by atoms with van der Waals surface area (Å²) in [6, 6.07) is 8.26. The zero-order chi connectivity index (χ0) is 17.7. The third-order valence-electron chi connectivity index (χ3n) is 3.72. The molecule has 2 rings (SSSR count). The monoisotopic (exact) mass is 352 g/mol. The van der Waals surface area contributed by atoms with Crippen LogP contribution in [0, 0.1) is 0 Å². The Morgan fingerprint density at radius 2 is 1.88 bits per heavy atom. The van der Waals surface area contributed by atoms with E-state index >= 15 is 0 Å². The van der Waals surface area contributed by atoms with Crippen LogP contribution >= 0.6 is 7.60 Å². The van der Waals surface area contributed by atoms with Gasteiger partial charge in [-0.1, -0.05) is 18.2 Å². The molecule has 24 heavy (non-hydrogen) atoms. The second-order valence-electron chi connectivity index (χ2n) is 5.25.